The number of aromatic nitrogens is 2. The van der Waals surface area contributed by atoms with Gasteiger partial charge >= 0.3 is 0 Å². The van der Waals surface area contributed by atoms with Crippen LogP contribution in [-0.2, 0) is 10.0 Å². The summed E-state index contributed by atoms with van der Waals surface area (Å²) in [7, 11) is -6.00. The van der Waals surface area contributed by atoms with Crippen LogP contribution in [0.4, 0.5) is 0 Å². The molecule has 1 unspecified atom stereocenters. The highest BCUT2D eigenvalue weighted by atomic mass is 32.2. The topological polar surface area (TPSA) is 92.4 Å². The molecule has 4 fully saturated rings. The molecule has 4 aliphatic carbocycles. The van der Waals surface area contributed by atoms with Gasteiger partial charge in [-0.05, 0) is 125 Å². The van der Waals surface area contributed by atoms with E-state index in [0.29, 0.717) is 28.9 Å². The third-order valence-corrected chi connectivity index (χ3v) is 20.5. The van der Waals surface area contributed by atoms with Crippen molar-refractivity contribution < 1.29 is 18.6 Å². The minimum atomic E-state index is -3.70. The molecule has 9 atom stereocenters. The molecule has 228 valence electrons. The molecule has 0 bridgehead atoms. The lowest BCUT2D eigenvalue weighted by Crippen LogP contribution is -2.56. The van der Waals surface area contributed by atoms with E-state index in [9.17, 15) is 18.6 Å². The number of hydrogen-bond acceptors (Lipinski definition) is 5. The van der Waals surface area contributed by atoms with Gasteiger partial charge in [0.1, 0.15) is 13.5 Å². The van der Waals surface area contributed by atoms with Crippen molar-refractivity contribution in [3.63, 3.8) is 0 Å². The minimum Gasteiger partial charge on any atom is -0.390 e. The molecule has 0 spiro atoms. The molecule has 0 saturated heterocycles. The van der Waals surface area contributed by atoms with E-state index in [1.165, 1.54) is 23.2 Å². The third kappa shape index (κ3) is 4.70. The quantitative estimate of drug-likeness (QED) is 0.395. The average molecular weight is 593 g/mol. The molecule has 5 rings (SSSR count). The second-order valence-corrected chi connectivity index (χ2v) is 24.1. The number of hydrogen-bond donors (Lipinski definition) is 2. The lowest BCUT2D eigenvalue weighted by Gasteiger charge is -2.57. The lowest BCUT2D eigenvalue weighted by molar-refractivity contribution is -0.108. The van der Waals surface area contributed by atoms with Crippen LogP contribution in [0.15, 0.2) is 6.20 Å². The van der Waals surface area contributed by atoms with Gasteiger partial charge in [0.25, 0.3) is 0 Å². The third-order valence-electron chi connectivity index (χ3n) is 13.0. The number of aliphatic hydroxyl groups is 2. The Hall–Kier alpha value is -0.703. The maximum absolute atomic E-state index is 13.9. The summed E-state index contributed by atoms with van der Waals surface area (Å²) < 4.78 is 29.2. The normalized spacial score (nSPS) is 39.5. The van der Waals surface area contributed by atoms with Gasteiger partial charge in [-0.1, -0.05) is 40.8 Å². The van der Waals surface area contributed by atoms with Gasteiger partial charge in [-0.25, -0.2) is 17.4 Å². The van der Waals surface area contributed by atoms with Crippen molar-refractivity contribution in [2.75, 3.05) is 0 Å². The fourth-order valence-corrected chi connectivity index (χ4v) is 13.5. The SMILES string of the molecule is CC(C)S(=O)(=O)n1c(C(O)[C@H]2CC[C@H]3[C@@H]4CC[C@@H]5C[C@](C)(O)CC[C@@H]5[C@H]4CC[C@]23C)cnc1[Si](C)(C)C(C)(C)C. The number of fused-ring (bicyclic) bond motifs is 5. The average Bonchev–Trinajstić information content (AvgIpc) is 3.44. The lowest BCUT2D eigenvalue weighted by atomic mass is 9.49. The predicted octanol–water partition coefficient (Wildman–Crippen LogP) is 6.24. The van der Waals surface area contributed by atoms with Gasteiger partial charge in [0.2, 0.25) is 10.0 Å². The molecule has 0 amide bonds. The molecule has 0 aromatic carbocycles. The van der Waals surface area contributed by atoms with Crippen molar-refractivity contribution in [2.24, 2.45) is 40.9 Å². The number of rotatable bonds is 5. The first-order valence-corrected chi connectivity index (χ1v) is 20.6. The van der Waals surface area contributed by atoms with Crippen molar-refractivity contribution in [3.8, 4) is 0 Å². The first kappa shape index (κ1) is 30.7. The van der Waals surface area contributed by atoms with Crippen LogP contribution in [-0.4, -0.2) is 46.5 Å². The summed E-state index contributed by atoms with van der Waals surface area (Å²) in [6, 6.07) is 0. The Morgan fingerprint density at radius 1 is 1.00 bits per heavy atom. The van der Waals surface area contributed by atoms with Crippen LogP contribution in [0.1, 0.15) is 118 Å². The van der Waals surface area contributed by atoms with Crippen LogP contribution in [0.2, 0.25) is 18.1 Å². The van der Waals surface area contributed by atoms with Crippen molar-refractivity contribution >= 4 is 23.5 Å². The molecular weight excluding hydrogens is 537 g/mol. The van der Waals surface area contributed by atoms with Crippen LogP contribution in [0.25, 0.3) is 0 Å². The fraction of sp³-hybridized carbons (Fsp3) is 0.906. The monoisotopic (exact) mass is 592 g/mol. The molecule has 1 aromatic rings. The first-order valence-electron chi connectivity index (χ1n) is 16.1. The van der Waals surface area contributed by atoms with E-state index in [-0.39, 0.29) is 16.4 Å². The van der Waals surface area contributed by atoms with Crippen molar-refractivity contribution in [1.29, 1.82) is 0 Å². The van der Waals surface area contributed by atoms with E-state index in [4.69, 9.17) is 4.98 Å². The Morgan fingerprint density at radius 3 is 2.27 bits per heavy atom. The maximum atomic E-state index is 13.9. The molecule has 1 aromatic heterocycles. The highest BCUT2D eigenvalue weighted by molar-refractivity contribution is 7.90. The van der Waals surface area contributed by atoms with Crippen LogP contribution in [0.3, 0.4) is 0 Å². The van der Waals surface area contributed by atoms with Gasteiger partial charge in [0, 0.05) is 0 Å². The zero-order valence-electron chi connectivity index (χ0n) is 26.6. The smallest absolute Gasteiger partial charge is 0.242 e. The summed E-state index contributed by atoms with van der Waals surface area (Å²) in [6.07, 6.45) is 10.7. The minimum absolute atomic E-state index is 0.00140. The zero-order valence-corrected chi connectivity index (χ0v) is 28.4. The van der Waals surface area contributed by atoms with E-state index in [2.05, 4.69) is 40.8 Å². The van der Waals surface area contributed by atoms with Crippen molar-refractivity contribution in [1.82, 2.24) is 8.96 Å². The molecule has 0 aliphatic heterocycles. The molecule has 4 saturated carbocycles. The van der Waals surface area contributed by atoms with Gasteiger partial charge in [-0.2, -0.15) is 0 Å². The van der Waals surface area contributed by atoms with Crippen LogP contribution in [0.5, 0.6) is 0 Å². The standard InChI is InChI=1S/C32H56N2O4SSi/c1-20(2)39(37,38)34-27(19-33-29(34)40(8,9)30(3,4)5)28(35)26-13-12-25-24-11-10-21-18-31(6,36)16-14-22(21)23(24)15-17-32(25,26)7/h19-26,28,35-36H,10-18H2,1-9H3/t21-,22+,23-,24-,25+,26-,28?,31-,32+/m1/s1. The molecule has 4 aliphatic rings. The maximum Gasteiger partial charge on any atom is 0.242 e. The molecule has 2 N–H and O–H groups in total. The largest absolute Gasteiger partial charge is 0.390 e. The number of aliphatic hydroxyl groups excluding tert-OH is 1. The Balaban J connectivity index is 1.47. The first-order chi connectivity index (χ1) is 18.3. The summed E-state index contributed by atoms with van der Waals surface area (Å²) in [5, 5.41) is 22.2. The van der Waals surface area contributed by atoms with E-state index in [0.717, 1.165) is 50.4 Å². The second-order valence-electron chi connectivity index (χ2n) is 16.6. The van der Waals surface area contributed by atoms with E-state index in [1.807, 2.05) is 6.92 Å². The van der Waals surface area contributed by atoms with E-state index in [1.54, 1.807) is 20.0 Å². The Morgan fingerprint density at radius 2 is 1.65 bits per heavy atom. The van der Waals surface area contributed by atoms with Crippen molar-refractivity contribution in [3.05, 3.63) is 11.9 Å². The van der Waals surface area contributed by atoms with Gasteiger partial charge in [0.05, 0.1) is 28.8 Å². The zero-order chi connectivity index (χ0) is 29.6. The van der Waals surface area contributed by atoms with Gasteiger partial charge < -0.3 is 10.2 Å². The summed E-state index contributed by atoms with van der Waals surface area (Å²) in [4.78, 5) is 4.81. The highest BCUT2D eigenvalue weighted by Gasteiger charge is 2.59. The van der Waals surface area contributed by atoms with Crippen LogP contribution in [0, 0.1) is 40.9 Å². The Bertz CT molecular complexity index is 1220. The molecule has 40 heavy (non-hydrogen) atoms. The van der Waals surface area contributed by atoms with Gasteiger partial charge in [-0.3, -0.25) is 0 Å². The Kier molecular flexibility index (Phi) is 7.62. The molecule has 6 nitrogen and oxygen atoms in total. The summed E-state index contributed by atoms with van der Waals surface area (Å²) in [5.74, 6) is 3.42. The Labute approximate surface area is 244 Å². The van der Waals surface area contributed by atoms with Crippen LogP contribution >= 0.6 is 0 Å². The number of imidazole rings is 1. The molecular formula is C32H56N2O4SSi. The summed E-state index contributed by atoms with van der Waals surface area (Å²) in [5.41, 5.74) is 0.655. The molecule has 0 radical (unpaired) electrons. The van der Waals surface area contributed by atoms with Gasteiger partial charge in [-0.15, -0.1) is 0 Å². The highest BCUT2D eigenvalue weighted by Crippen LogP contribution is 2.66. The summed E-state index contributed by atoms with van der Waals surface area (Å²) >= 11 is 0. The number of nitrogens with zero attached hydrogens (tertiary/aromatic N) is 2. The van der Waals surface area contributed by atoms with Crippen LogP contribution < -0.4 is 5.45 Å². The predicted molar refractivity (Wildman–Crippen MR) is 165 cm³/mol. The second kappa shape index (κ2) is 9.92. The van der Waals surface area contributed by atoms with Crippen molar-refractivity contribution in [2.45, 2.75) is 141 Å². The van der Waals surface area contributed by atoms with E-state index >= 15 is 0 Å². The molecule has 1 heterocycles. The molecule has 8 heteroatoms. The fourth-order valence-electron chi connectivity index (χ4n) is 9.63. The summed E-state index contributed by atoms with van der Waals surface area (Å²) in [6.45, 7) is 18.8. The van der Waals surface area contributed by atoms with E-state index < -0.39 is 35.1 Å². The van der Waals surface area contributed by atoms with Gasteiger partial charge in [0.15, 0.2) is 0 Å².